The number of anilines is 1. The molecular formula is C13H21FN2. The first-order valence-electron chi connectivity index (χ1n) is 5.74. The van der Waals surface area contributed by atoms with Crippen molar-refractivity contribution in [2.75, 3.05) is 18.5 Å². The largest absolute Gasteiger partial charge is 0.374 e. The predicted molar refractivity (Wildman–Crippen MR) is 67.3 cm³/mol. The zero-order chi connectivity index (χ0) is 12.3. The van der Waals surface area contributed by atoms with Gasteiger partial charge in [-0.25, -0.2) is 4.39 Å². The Bertz CT molecular complexity index is 361. The zero-order valence-electron chi connectivity index (χ0n) is 10.5. The molecule has 0 aromatic heterocycles. The van der Waals surface area contributed by atoms with Crippen LogP contribution in [0.5, 0.6) is 0 Å². The highest BCUT2D eigenvalue weighted by atomic mass is 19.1. The van der Waals surface area contributed by atoms with Gasteiger partial charge in [0.2, 0.25) is 0 Å². The molecule has 1 atom stereocenters. The summed E-state index contributed by atoms with van der Waals surface area (Å²) >= 11 is 0. The standard InChI is InChI=1S/C13H21FN2/c1-5-6-16(4)13-7-9(2)12(14)8-11(13)10(3)15/h7-8,10H,5-6,15H2,1-4H3/t10-/m1/s1. The van der Waals surface area contributed by atoms with E-state index >= 15 is 0 Å². The van der Waals surface area contributed by atoms with Crippen molar-refractivity contribution in [2.45, 2.75) is 33.2 Å². The van der Waals surface area contributed by atoms with Crippen molar-refractivity contribution >= 4 is 5.69 Å². The van der Waals surface area contributed by atoms with E-state index < -0.39 is 0 Å². The third kappa shape index (κ3) is 2.73. The first-order valence-corrected chi connectivity index (χ1v) is 5.74. The highest BCUT2D eigenvalue weighted by molar-refractivity contribution is 5.56. The summed E-state index contributed by atoms with van der Waals surface area (Å²) in [6.45, 7) is 6.74. The smallest absolute Gasteiger partial charge is 0.126 e. The monoisotopic (exact) mass is 224 g/mol. The van der Waals surface area contributed by atoms with Gasteiger partial charge in [0.1, 0.15) is 5.82 Å². The molecule has 2 N–H and O–H groups in total. The van der Waals surface area contributed by atoms with E-state index in [1.165, 1.54) is 0 Å². The number of aryl methyl sites for hydroxylation is 1. The van der Waals surface area contributed by atoms with Crippen molar-refractivity contribution in [3.8, 4) is 0 Å². The highest BCUT2D eigenvalue weighted by Gasteiger charge is 2.13. The number of hydrogen-bond acceptors (Lipinski definition) is 2. The number of hydrogen-bond donors (Lipinski definition) is 1. The van der Waals surface area contributed by atoms with Gasteiger partial charge in [0, 0.05) is 25.3 Å². The van der Waals surface area contributed by atoms with Crippen LogP contribution in [-0.2, 0) is 0 Å². The van der Waals surface area contributed by atoms with Crippen molar-refractivity contribution in [1.82, 2.24) is 0 Å². The molecular weight excluding hydrogens is 203 g/mol. The topological polar surface area (TPSA) is 29.3 Å². The molecule has 0 unspecified atom stereocenters. The summed E-state index contributed by atoms with van der Waals surface area (Å²) < 4.78 is 13.5. The highest BCUT2D eigenvalue weighted by Crippen LogP contribution is 2.27. The lowest BCUT2D eigenvalue weighted by atomic mass is 10.0. The van der Waals surface area contributed by atoms with Gasteiger partial charge in [0.15, 0.2) is 0 Å². The molecule has 0 bridgehead atoms. The lowest BCUT2D eigenvalue weighted by Crippen LogP contribution is -2.21. The maximum Gasteiger partial charge on any atom is 0.126 e. The summed E-state index contributed by atoms with van der Waals surface area (Å²) in [7, 11) is 2.02. The normalized spacial score (nSPS) is 12.6. The van der Waals surface area contributed by atoms with Crippen LogP contribution >= 0.6 is 0 Å². The van der Waals surface area contributed by atoms with E-state index in [0.29, 0.717) is 5.56 Å². The Balaban J connectivity index is 3.19. The van der Waals surface area contributed by atoms with E-state index in [1.807, 2.05) is 20.0 Å². The van der Waals surface area contributed by atoms with Crippen molar-refractivity contribution in [3.05, 3.63) is 29.1 Å². The molecule has 0 heterocycles. The average Bonchev–Trinajstić information content (AvgIpc) is 2.21. The quantitative estimate of drug-likeness (QED) is 0.852. The summed E-state index contributed by atoms with van der Waals surface area (Å²) in [4.78, 5) is 2.13. The molecule has 0 amide bonds. The van der Waals surface area contributed by atoms with Gasteiger partial charge < -0.3 is 10.6 Å². The van der Waals surface area contributed by atoms with Crippen molar-refractivity contribution in [1.29, 1.82) is 0 Å². The summed E-state index contributed by atoms with van der Waals surface area (Å²) in [6, 6.07) is 3.29. The van der Waals surface area contributed by atoms with Gasteiger partial charge in [0.25, 0.3) is 0 Å². The number of halogens is 1. The van der Waals surface area contributed by atoms with E-state index in [-0.39, 0.29) is 11.9 Å². The Labute approximate surface area is 97.3 Å². The van der Waals surface area contributed by atoms with Crippen LogP contribution in [0, 0.1) is 12.7 Å². The van der Waals surface area contributed by atoms with Gasteiger partial charge in [-0.05, 0) is 43.5 Å². The molecule has 0 aliphatic rings. The lowest BCUT2D eigenvalue weighted by Gasteiger charge is -2.24. The number of rotatable bonds is 4. The minimum absolute atomic E-state index is 0.149. The van der Waals surface area contributed by atoms with E-state index in [4.69, 9.17) is 5.73 Å². The molecule has 1 rings (SSSR count). The Morgan fingerprint density at radius 3 is 2.56 bits per heavy atom. The van der Waals surface area contributed by atoms with Gasteiger partial charge >= 0.3 is 0 Å². The Morgan fingerprint density at radius 2 is 2.06 bits per heavy atom. The van der Waals surface area contributed by atoms with Crippen LogP contribution in [0.15, 0.2) is 12.1 Å². The predicted octanol–water partition coefficient (Wildman–Crippen LogP) is 3.00. The molecule has 0 saturated carbocycles. The number of nitrogens with two attached hydrogens (primary N) is 1. The summed E-state index contributed by atoms with van der Waals surface area (Å²) in [6.07, 6.45) is 1.06. The molecule has 2 nitrogen and oxygen atoms in total. The molecule has 0 radical (unpaired) electrons. The van der Waals surface area contributed by atoms with Crippen molar-refractivity contribution in [2.24, 2.45) is 5.73 Å². The van der Waals surface area contributed by atoms with Gasteiger partial charge in [-0.2, -0.15) is 0 Å². The van der Waals surface area contributed by atoms with Crippen LogP contribution < -0.4 is 10.6 Å². The summed E-state index contributed by atoms with van der Waals surface area (Å²) in [5.74, 6) is -0.180. The average molecular weight is 224 g/mol. The second-order valence-corrected chi connectivity index (χ2v) is 4.37. The Kier molecular flexibility index (Phi) is 4.30. The molecule has 0 fully saturated rings. The SMILES string of the molecule is CCCN(C)c1cc(C)c(F)cc1[C@@H](C)N. The fraction of sp³-hybridized carbons (Fsp3) is 0.538. The van der Waals surface area contributed by atoms with E-state index in [0.717, 1.165) is 24.2 Å². The number of benzene rings is 1. The van der Waals surface area contributed by atoms with Crippen molar-refractivity contribution in [3.63, 3.8) is 0 Å². The van der Waals surface area contributed by atoms with Crippen LogP contribution in [0.2, 0.25) is 0 Å². The second kappa shape index (κ2) is 5.30. The van der Waals surface area contributed by atoms with E-state index in [9.17, 15) is 4.39 Å². The fourth-order valence-electron chi connectivity index (χ4n) is 1.83. The second-order valence-electron chi connectivity index (χ2n) is 4.37. The minimum atomic E-state index is -0.180. The molecule has 0 aliphatic carbocycles. The van der Waals surface area contributed by atoms with E-state index in [1.54, 1.807) is 13.0 Å². The Hall–Kier alpha value is -1.09. The third-order valence-corrected chi connectivity index (χ3v) is 2.77. The van der Waals surface area contributed by atoms with Crippen LogP contribution in [0.25, 0.3) is 0 Å². The van der Waals surface area contributed by atoms with Gasteiger partial charge in [-0.1, -0.05) is 6.92 Å². The molecule has 3 heteroatoms. The van der Waals surface area contributed by atoms with Gasteiger partial charge in [0.05, 0.1) is 0 Å². The summed E-state index contributed by atoms with van der Waals surface area (Å²) in [5, 5.41) is 0. The molecule has 16 heavy (non-hydrogen) atoms. The van der Waals surface area contributed by atoms with Crippen LogP contribution in [0.4, 0.5) is 10.1 Å². The van der Waals surface area contributed by atoms with Crippen LogP contribution in [0.3, 0.4) is 0 Å². The van der Waals surface area contributed by atoms with Gasteiger partial charge in [-0.3, -0.25) is 0 Å². The van der Waals surface area contributed by atoms with Crippen LogP contribution in [0.1, 0.15) is 37.4 Å². The fourth-order valence-corrected chi connectivity index (χ4v) is 1.83. The van der Waals surface area contributed by atoms with Crippen molar-refractivity contribution < 1.29 is 4.39 Å². The lowest BCUT2D eigenvalue weighted by molar-refractivity contribution is 0.612. The molecule has 90 valence electrons. The maximum atomic E-state index is 13.5. The van der Waals surface area contributed by atoms with E-state index in [2.05, 4.69) is 11.8 Å². The zero-order valence-corrected chi connectivity index (χ0v) is 10.5. The van der Waals surface area contributed by atoms with Crippen LogP contribution in [-0.4, -0.2) is 13.6 Å². The molecule has 0 aliphatic heterocycles. The minimum Gasteiger partial charge on any atom is -0.374 e. The Morgan fingerprint density at radius 1 is 1.44 bits per heavy atom. The molecule has 1 aromatic rings. The molecule has 1 aromatic carbocycles. The van der Waals surface area contributed by atoms with Gasteiger partial charge in [-0.15, -0.1) is 0 Å². The first kappa shape index (κ1) is 13.0. The summed E-state index contributed by atoms with van der Waals surface area (Å²) in [5.41, 5.74) is 8.45. The number of nitrogens with zero attached hydrogens (tertiary/aromatic N) is 1. The molecule has 0 saturated heterocycles. The molecule has 0 spiro atoms. The first-order chi connectivity index (χ1) is 7.47. The maximum absolute atomic E-state index is 13.5. The third-order valence-electron chi connectivity index (χ3n) is 2.77.